The Bertz CT molecular complexity index is 649. The highest BCUT2D eigenvalue weighted by Crippen LogP contribution is 2.31. The summed E-state index contributed by atoms with van der Waals surface area (Å²) in [6.07, 6.45) is 0.981. The number of halogens is 1. The molecular weight excluding hydrogens is 284 g/mol. The summed E-state index contributed by atoms with van der Waals surface area (Å²) in [6.45, 7) is 2.20. The van der Waals surface area contributed by atoms with Crippen molar-refractivity contribution in [3.63, 3.8) is 0 Å². The van der Waals surface area contributed by atoms with Crippen LogP contribution in [0.4, 0.5) is 11.4 Å². The fourth-order valence-corrected chi connectivity index (χ4v) is 2.63. The second-order valence-corrected chi connectivity index (χ2v) is 5.56. The van der Waals surface area contributed by atoms with E-state index in [2.05, 4.69) is 24.0 Å². The maximum Gasteiger partial charge on any atom is 0.119 e. The van der Waals surface area contributed by atoms with Gasteiger partial charge in [0, 0.05) is 23.2 Å². The molecule has 1 fully saturated rings. The lowest BCUT2D eigenvalue weighted by molar-refractivity contribution is 0.415. The largest absolute Gasteiger partial charge is 0.497 e. The summed E-state index contributed by atoms with van der Waals surface area (Å²) in [4.78, 5) is 6.95. The molecule has 0 spiro atoms. The highest BCUT2D eigenvalue weighted by molar-refractivity contribution is 6.30. The zero-order chi connectivity index (χ0) is 14.8. The molecule has 2 aromatic rings. The minimum Gasteiger partial charge on any atom is -0.497 e. The molecule has 0 saturated carbocycles. The van der Waals surface area contributed by atoms with Gasteiger partial charge < -0.3 is 9.64 Å². The average molecular weight is 301 g/mol. The Morgan fingerprint density at radius 1 is 1.10 bits per heavy atom. The van der Waals surface area contributed by atoms with E-state index >= 15 is 0 Å². The predicted octanol–water partition coefficient (Wildman–Crippen LogP) is 4.68. The van der Waals surface area contributed by atoms with Crippen molar-refractivity contribution >= 4 is 28.8 Å². The third-order valence-corrected chi connectivity index (χ3v) is 3.88. The first-order valence-corrected chi connectivity index (χ1v) is 7.31. The fourth-order valence-electron chi connectivity index (χ4n) is 2.51. The smallest absolute Gasteiger partial charge is 0.119 e. The van der Waals surface area contributed by atoms with E-state index in [1.807, 2.05) is 36.4 Å². The highest BCUT2D eigenvalue weighted by Gasteiger charge is 2.31. The van der Waals surface area contributed by atoms with Gasteiger partial charge in [0.05, 0.1) is 12.8 Å². The number of ether oxygens (including phenoxy) is 1. The first-order chi connectivity index (χ1) is 10.2. The van der Waals surface area contributed by atoms with E-state index in [0.29, 0.717) is 6.04 Å². The number of amidine groups is 1. The highest BCUT2D eigenvalue weighted by atomic mass is 35.5. The molecule has 0 radical (unpaired) electrons. The number of methoxy groups -OCH3 is 1. The Balaban J connectivity index is 1.84. The minimum absolute atomic E-state index is 0.462. The molecule has 21 heavy (non-hydrogen) atoms. The standard InChI is InChI=1S/C17H17ClN2O/c1-12-11-17(19-14-5-3-13(18)4-6-14)20(12)15-7-9-16(21-2)10-8-15/h3-10,12H,11H2,1-2H3/b19-17+. The van der Waals surface area contributed by atoms with Crippen LogP contribution in [0.25, 0.3) is 0 Å². The SMILES string of the molecule is COc1ccc(N2/C(=N/c3ccc(Cl)cc3)CC2C)cc1. The van der Waals surface area contributed by atoms with Crippen LogP contribution in [0.5, 0.6) is 5.75 Å². The van der Waals surface area contributed by atoms with Crippen LogP contribution >= 0.6 is 11.6 Å². The van der Waals surface area contributed by atoms with E-state index in [0.717, 1.165) is 34.4 Å². The molecule has 0 aromatic heterocycles. The van der Waals surface area contributed by atoms with Crippen molar-refractivity contribution in [1.29, 1.82) is 0 Å². The molecule has 4 heteroatoms. The third kappa shape index (κ3) is 2.88. The van der Waals surface area contributed by atoms with Crippen LogP contribution in [0, 0.1) is 0 Å². The molecule has 0 N–H and O–H groups in total. The maximum absolute atomic E-state index is 5.90. The Kier molecular flexibility index (Phi) is 3.84. The molecule has 1 unspecified atom stereocenters. The summed E-state index contributed by atoms with van der Waals surface area (Å²) in [5.41, 5.74) is 2.07. The van der Waals surface area contributed by atoms with Crippen molar-refractivity contribution < 1.29 is 4.74 Å². The van der Waals surface area contributed by atoms with Crippen molar-refractivity contribution in [2.75, 3.05) is 12.0 Å². The molecule has 1 aliphatic rings. The lowest BCUT2D eigenvalue weighted by atomic mass is 10.0. The predicted molar refractivity (Wildman–Crippen MR) is 88.1 cm³/mol. The van der Waals surface area contributed by atoms with Crippen molar-refractivity contribution in [1.82, 2.24) is 0 Å². The third-order valence-electron chi connectivity index (χ3n) is 3.63. The zero-order valence-corrected chi connectivity index (χ0v) is 12.8. The minimum atomic E-state index is 0.462. The summed E-state index contributed by atoms with van der Waals surface area (Å²) in [5.74, 6) is 1.94. The molecule has 108 valence electrons. The normalized spacial score (nSPS) is 19.5. The monoisotopic (exact) mass is 300 g/mol. The van der Waals surface area contributed by atoms with Crippen LogP contribution in [0.3, 0.4) is 0 Å². The Labute approximate surface area is 129 Å². The summed E-state index contributed by atoms with van der Waals surface area (Å²) in [5, 5.41) is 0.730. The van der Waals surface area contributed by atoms with Gasteiger partial charge in [-0.15, -0.1) is 0 Å². The van der Waals surface area contributed by atoms with Gasteiger partial charge in [-0.05, 0) is 55.5 Å². The topological polar surface area (TPSA) is 24.8 Å². The summed E-state index contributed by atoms with van der Waals surface area (Å²) in [6, 6.07) is 16.1. The molecule has 1 atom stereocenters. The number of hydrogen-bond donors (Lipinski definition) is 0. The van der Waals surface area contributed by atoms with Crippen LogP contribution in [0.15, 0.2) is 53.5 Å². The van der Waals surface area contributed by atoms with Crippen LogP contribution in [-0.2, 0) is 0 Å². The van der Waals surface area contributed by atoms with Crippen molar-refractivity contribution in [3.8, 4) is 5.75 Å². The Morgan fingerprint density at radius 3 is 2.33 bits per heavy atom. The van der Waals surface area contributed by atoms with Crippen LogP contribution < -0.4 is 9.64 Å². The van der Waals surface area contributed by atoms with Gasteiger partial charge in [-0.25, -0.2) is 4.99 Å². The zero-order valence-electron chi connectivity index (χ0n) is 12.1. The number of nitrogens with zero attached hydrogens (tertiary/aromatic N) is 2. The van der Waals surface area contributed by atoms with Crippen LogP contribution in [0.2, 0.25) is 5.02 Å². The molecule has 1 saturated heterocycles. The quantitative estimate of drug-likeness (QED) is 0.822. The molecule has 2 aromatic carbocycles. The van der Waals surface area contributed by atoms with E-state index in [4.69, 9.17) is 21.3 Å². The molecule has 3 nitrogen and oxygen atoms in total. The van der Waals surface area contributed by atoms with Gasteiger partial charge in [-0.2, -0.15) is 0 Å². The molecule has 3 rings (SSSR count). The molecule has 1 aliphatic heterocycles. The number of hydrogen-bond acceptors (Lipinski definition) is 2. The van der Waals surface area contributed by atoms with Crippen molar-refractivity contribution in [2.24, 2.45) is 4.99 Å². The summed E-state index contributed by atoms with van der Waals surface area (Å²) < 4.78 is 5.20. The van der Waals surface area contributed by atoms with Gasteiger partial charge in [-0.3, -0.25) is 0 Å². The van der Waals surface area contributed by atoms with Gasteiger partial charge in [0.2, 0.25) is 0 Å². The lowest BCUT2D eigenvalue weighted by Crippen LogP contribution is -2.51. The molecule has 0 amide bonds. The maximum atomic E-state index is 5.90. The Morgan fingerprint density at radius 2 is 1.76 bits per heavy atom. The lowest BCUT2D eigenvalue weighted by Gasteiger charge is -2.42. The van der Waals surface area contributed by atoms with Crippen LogP contribution in [0.1, 0.15) is 13.3 Å². The van der Waals surface area contributed by atoms with Crippen molar-refractivity contribution in [3.05, 3.63) is 53.6 Å². The first-order valence-electron chi connectivity index (χ1n) is 6.94. The van der Waals surface area contributed by atoms with Gasteiger partial charge >= 0.3 is 0 Å². The number of rotatable bonds is 3. The summed E-state index contributed by atoms with van der Waals surface area (Å²) in [7, 11) is 1.68. The van der Waals surface area contributed by atoms with E-state index < -0.39 is 0 Å². The average Bonchev–Trinajstić information content (AvgIpc) is 2.49. The summed E-state index contributed by atoms with van der Waals surface area (Å²) >= 11 is 5.90. The van der Waals surface area contributed by atoms with Gasteiger partial charge in [-0.1, -0.05) is 11.6 Å². The van der Waals surface area contributed by atoms with E-state index in [1.165, 1.54) is 0 Å². The first kappa shape index (κ1) is 14.0. The number of benzene rings is 2. The Hall–Kier alpha value is -2.00. The van der Waals surface area contributed by atoms with Gasteiger partial charge in [0.15, 0.2) is 0 Å². The van der Waals surface area contributed by atoms with Gasteiger partial charge in [0.1, 0.15) is 11.6 Å². The molecular formula is C17H17ClN2O. The van der Waals surface area contributed by atoms with Crippen molar-refractivity contribution in [2.45, 2.75) is 19.4 Å². The molecule has 0 aliphatic carbocycles. The second kappa shape index (κ2) is 5.78. The van der Waals surface area contributed by atoms with Crippen LogP contribution in [-0.4, -0.2) is 19.0 Å². The molecule has 0 bridgehead atoms. The van der Waals surface area contributed by atoms with Gasteiger partial charge in [0.25, 0.3) is 0 Å². The van der Waals surface area contributed by atoms with E-state index in [-0.39, 0.29) is 0 Å². The fraction of sp³-hybridized carbons (Fsp3) is 0.235. The number of anilines is 1. The molecule has 1 heterocycles. The van der Waals surface area contributed by atoms with E-state index in [9.17, 15) is 0 Å². The van der Waals surface area contributed by atoms with E-state index in [1.54, 1.807) is 7.11 Å². The number of aliphatic imine (C=N–C) groups is 1. The second-order valence-electron chi connectivity index (χ2n) is 5.13.